The van der Waals surface area contributed by atoms with Gasteiger partial charge in [-0.2, -0.15) is 0 Å². The standard InChI is InChI=1S/C14H16ClN3/c1-2-10-6-3-4-9-18(10)13-11-7-5-8-12(11)16-14(15)17-13/h1,10H,3-9H2/t10-/m0/s1. The monoisotopic (exact) mass is 261 g/mol. The van der Waals surface area contributed by atoms with Crippen molar-refractivity contribution in [3.63, 3.8) is 0 Å². The number of terminal acetylenes is 1. The Morgan fingerprint density at radius 2 is 2.11 bits per heavy atom. The largest absolute Gasteiger partial charge is 0.342 e. The second-order valence-electron chi connectivity index (χ2n) is 4.97. The van der Waals surface area contributed by atoms with E-state index in [0.717, 1.165) is 43.7 Å². The van der Waals surface area contributed by atoms with Crippen LogP contribution in [0.2, 0.25) is 5.28 Å². The van der Waals surface area contributed by atoms with Gasteiger partial charge in [0.2, 0.25) is 5.28 Å². The zero-order chi connectivity index (χ0) is 12.5. The molecule has 0 aromatic carbocycles. The lowest BCUT2D eigenvalue weighted by atomic mass is 10.0. The maximum Gasteiger partial charge on any atom is 0.224 e. The molecule has 0 radical (unpaired) electrons. The maximum absolute atomic E-state index is 6.04. The van der Waals surface area contributed by atoms with Crippen molar-refractivity contribution in [3.05, 3.63) is 16.5 Å². The Balaban J connectivity index is 2.03. The van der Waals surface area contributed by atoms with Crippen molar-refractivity contribution >= 4 is 17.4 Å². The van der Waals surface area contributed by atoms with Crippen molar-refractivity contribution in [2.24, 2.45) is 0 Å². The van der Waals surface area contributed by atoms with Gasteiger partial charge in [0, 0.05) is 12.1 Å². The van der Waals surface area contributed by atoms with E-state index in [1.54, 1.807) is 0 Å². The number of nitrogens with zero attached hydrogens (tertiary/aromatic N) is 3. The van der Waals surface area contributed by atoms with Gasteiger partial charge >= 0.3 is 0 Å². The summed E-state index contributed by atoms with van der Waals surface area (Å²) in [5.74, 6) is 3.88. The van der Waals surface area contributed by atoms with Crippen molar-refractivity contribution in [2.45, 2.75) is 44.6 Å². The third-order valence-corrected chi connectivity index (χ3v) is 4.02. The van der Waals surface area contributed by atoms with Crippen LogP contribution in [0.25, 0.3) is 0 Å². The van der Waals surface area contributed by atoms with Crippen LogP contribution in [0.3, 0.4) is 0 Å². The lowest BCUT2D eigenvalue weighted by Crippen LogP contribution is -2.39. The van der Waals surface area contributed by atoms with Gasteiger partial charge in [-0.3, -0.25) is 0 Å². The van der Waals surface area contributed by atoms with Crippen LogP contribution in [0.5, 0.6) is 0 Å². The molecule has 1 atom stereocenters. The van der Waals surface area contributed by atoms with Crippen molar-refractivity contribution in [3.8, 4) is 12.3 Å². The first-order valence-electron chi connectivity index (χ1n) is 6.57. The average molecular weight is 262 g/mol. The van der Waals surface area contributed by atoms with Crippen LogP contribution in [-0.4, -0.2) is 22.6 Å². The van der Waals surface area contributed by atoms with Gasteiger partial charge in [-0.25, -0.2) is 9.97 Å². The maximum atomic E-state index is 6.04. The van der Waals surface area contributed by atoms with Crippen LogP contribution in [0, 0.1) is 12.3 Å². The van der Waals surface area contributed by atoms with E-state index < -0.39 is 0 Å². The molecule has 1 aliphatic carbocycles. The number of anilines is 1. The highest BCUT2D eigenvalue weighted by molar-refractivity contribution is 6.28. The Kier molecular flexibility index (Phi) is 3.13. The third-order valence-electron chi connectivity index (χ3n) is 3.85. The Morgan fingerprint density at radius 3 is 2.94 bits per heavy atom. The summed E-state index contributed by atoms with van der Waals surface area (Å²) in [5, 5.41) is 0.354. The highest BCUT2D eigenvalue weighted by Crippen LogP contribution is 2.33. The fourth-order valence-corrected chi connectivity index (χ4v) is 3.16. The smallest absolute Gasteiger partial charge is 0.224 e. The first kappa shape index (κ1) is 11.8. The molecule has 0 amide bonds. The van der Waals surface area contributed by atoms with Crippen LogP contribution < -0.4 is 4.90 Å². The SMILES string of the molecule is C#C[C@H]1CCCCN1c1nc(Cl)nc2c1CCC2. The van der Waals surface area contributed by atoms with E-state index in [1.165, 1.54) is 18.4 Å². The van der Waals surface area contributed by atoms with Gasteiger partial charge in [0.05, 0.1) is 11.7 Å². The number of piperidine rings is 1. The van der Waals surface area contributed by atoms with Crippen molar-refractivity contribution in [1.29, 1.82) is 0 Å². The summed E-state index contributed by atoms with van der Waals surface area (Å²) in [7, 11) is 0. The topological polar surface area (TPSA) is 29.0 Å². The molecule has 0 spiro atoms. The molecule has 1 aromatic heterocycles. The van der Waals surface area contributed by atoms with Crippen LogP contribution in [-0.2, 0) is 12.8 Å². The summed E-state index contributed by atoms with van der Waals surface area (Å²) in [4.78, 5) is 11.0. The van der Waals surface area contributed by atoms with Crippen LogP contribution in [0.1, 0.15) is 36.9 Å². The highest BCUT2D eigenvalue weighted by Gasteiger charge is 2.27. The van der Waals surface area contributed by atoms with Gasteiger partial charge in [-0.1, -0.05) is 5.92 Å². The quantitative estimate of drug-likeness (QED) is 0.575. The second kappa shape index (κ2) is 4.78. The predicted octanol–water partition coefficient (Wildman–Crippen LogP) is 2.61. The summed E-state index contributed by atoms with van der Waals surface area (Å²) in [5.41, 5.74) is 2.38. The first-order chi connectivity index (χ1) is 8.79. The molecule has 18 heavy (non-hydrogen) atoms. The average Bonchev–Trinajstić information content (AvgIpc) is 2.85. The van der Waals surface area contributed by atoms with Crippen molar-refractivity contribution in [2.75, 3.05) is 11.4 Å². The molecule has 1 fully saturated rings. The molecule has 3 rings (SSSR count). The van der Waals surface area contributed by atoms with E-state index in [-0.39, 0.29) is 6.04 Å². The zero-order valence-electron chi connectivity index (χ0n) is 10.3. The van der Waals surface area contributed by atoms with E-state index in [1.807, 2.05) is 0 Å². The predicted molar refractivity (Wildman–Crippen MR) is 72.9 cm³/mol. The lowest BCUT2D eigenvalue weighted by Gasteiger charge is -2.34. The van der Waals surface area contributed by atoms with E-state index in [2.05, 4.69) is 20.8 Å². The van der Waals surface area contributed by atoms with Crippen LogP contribution >= 0.6 is 11.6 Å². The number of hydrogen-bond donors (Lipinski definition) is 0. The Hall–Kier alpha value is -1.27. The molecule has 1 saturated heterocycles. The van der Waals surface area contributed by atoms with Crippen LogP contribution in [0.15, 0.2) is 0 Å². The summed E-state index contributed by atoms with van der Waals surface area (Å²) < 4.78 is 0. The minimum Gasteiger partial charge on any atom is -0.342 e. The number of fused-ring (bicyclic) bond motifs is 1. The minimum absolute atomic E-state index is 0.161. The molecule has 0 saturated carbocycles. The summed E-state index contributed by atoms with van der Waals surface area (Å²) in [6, 6.07) is 0.161. The highest BCUT2D eigenvalue weighted by atomic mass is 35.5. The number of halogens is 1. The van der Waals surface area contributed by atoms with E-state index in [0.29, 0.717) is 5.28 Å². The normalized spacial score (nSPS) is 22.7. The Bertz CT molecular complexity index is 506. The molecule has 0 bridgehead atoms. The number of aromatic nitrogens is 2. The third kappa shape index (κ3) is 1.95. The summed E-state index contributed by atoms with van der Waals surface area (Å²) in [6.45, 7) is 0.981. The molecule has 3 nitrogen and oxygen atoms in total. The van der Waals surface area contributed by atoms with Gasteiger partial charge in [-0.15, -0.1) is 6.42 Å². The summed E-state index contributed by atoms with van der Waals surface area (Å²) >= 11 is 6.04. The molecule has 1 aromatic rings. The van der Waals surface area contributed by atoms with Gasteiger partial charge in [0.1, 0.15) is 5.82 Å². The fourth-order valence-electron chi connectivity index (χ4n) is 2.98. The zero-order valence-corrected chi connectivity index (χ0v) is 11.1. The molecular weight excluding hydrogens is 246 g/mol. The van der Waals surface area contributed by atoms with Gasteiger partial charge < -0.3 is 4.90 Å². The van der Waals surface area contributed by atoms with Gasteiger partial charge in [0.15, 0.2) is 0 Å². The molecule has 2 aliphatic rings. The number of rotatable bonds is 1. The van der Waals surface area contributed by atoms with E-state index in [9.17, 15) is 0 Å². The molecule has 0 N–H and O–H groups in total. The van der Waals surface area contributed by atoms with Crippen molar-refractivity contribution in [1.82, 2.24) is 9.97 Å². The van der Waals surface area contributed by atoms with Crippen molar-refractivity contribution < 1.29 is 0 Å². The minimum atomic E-state index is 0.161. The fraction of sp³-hybridized carbons (Fsp3) is 0.571. The first-order valence-corrected chi connectivity index (χ1v) is 6.95. The molecule has 2 heterocycles. The molecule has 94 valence electrons. The second-order valence-corrected chi connectivity index (χ2v) is 5.30. The summed E-state index contributed by atoms with van der Waals surface area (Å²) in [6.07, 6.45) is 12.3. The van der Waals surface area contributed by atoms with Crippen LogP contribution in [0.4, 0.5) is 5.82 Å². The molecular formula is C14H16ClN3. The van der Waals surface area contributed by atoms with Gasteiger partial charge in [-0.05, 0) is 50.1 Å². The Morgan fingerprint density at radius 1 is 1.22 bits per heavy atom. The lowest BCUT2D eigenvalue weighted by molar-refractivity contribution is 0.518. The Labute approximate surface area is 113 Å². The molecule has 0 unspecified atom stereocenters. The van der Waals surface area contributed by atoms with E-state index in [4.69, 9.17) is 18.0 Å². The van der Waals surface area contributed by atoms with Gasteiger partial charge in [0.25, 0.3) is 0 Å². The number of hydrogen-bond acceptors (Lipinski definition) is 3. The molecule has 1 aliphatic heterocycles. The molecule has 4 heteroatoms. The number of aryl methyl sites for hydroxylation is 1. The van der Waals surface area contributed by atoms with E-state index >= 15 is 0 Å².